The molecule has 1 amide bonds. The van der Waals surface area contributed by atoms with E-state index < -0.39 is 0 Å². The Morgan fingerprint density at radius 1 is 1.30 bits per heavy atom. The maximum absolute atomic E-state index is 12.6. The minimum atomic E-state index is -0.332. The average Bonchev–Trinajstić information content (AvgIpc) is 3.26. The van der Waals surface area contributed by atoms with Gasteiger partial charge < -0.3 is 9.73 Å². The molecule has 4 rings (SSSR count). The summed E-state index contributed by atoms with van der Waals surface area (Å²) in [5, 5.41) is 13.1. The molecule has 0 spiro atoms. The molecule has 3 aromatic rings. The van der Waals surface area contributed by atoms with E-state index in [9.17, 15) is 10.1 Å². The Balaban J connectivity index is 1.57. The number of nitrogens with zero attached hydrogens (tertiary/aromatic N) is 1. The van der Waals surface area contributed by atoms with Crippen LogP contribution in [0.2, 0.25) is 0 Å². The molecule has 1 atom stereocenters. The Labute approximate surface area is 170 Å². The van der Waals surface area contributed by atoms with E-state index in [2.05, 4.69) is 34.2 Å². The maximum atomic E-state index is 12.6. The fourth-order valence-corrected chi connectivity index (χ4v) is 4.97. The smallest absolute Gasteiger partial charge is 0.292 e. The van der Waals surface area contributed by atoms with Crippen molar-refractivity contribution < 1.29 is 9.21 Å². The van der Waals surface area contributed by atoms with E-state index in [4.69, 9.17) is 4.42 Å². The third kappa shape index (κ3) is 3.58. The molecule has 0 radical (unpaired) electrons. The first-order valence-electron chi connectivity index (χ1n) is 8.77. The highest BCUT2D eigenvalue weighted by Gasteiger charge is 2.25. The zero-order valence-corrected chi connectivity index (χ0v) is 17.1. The zero-order chi connectivity index (χ0) is 19.0. The molecule has 0 saturated carbocycles. The number of amides is 1. The summed E-state index contributed by atoms with van der Waals surface area (Å²) >= 11 is 4.92. The molecule has 136 valence electrons. The molecular weight excluding hydrogens is 424 g/mol. The number of rotatable bonds is 3. The largest absolute Gasteiger partial charge is 0.451 e. The number of fused-ring (bicyclic) bond motifs is 1. The van der Waals surface area contributed by atoms with Gasteiger partial charge in [0.25, 0.3) is 5.91 Å². The number of carbonyl (C=O) groups excluding carboxylic acids is 1. The lowest BCUT2D eigenvalue weighted by molar-refractivity contribution is 0.0998. The van der Waals surface area contributed by atoms with Gasteiger partial charge in [-0.15, -0.1) is 11.3 Å². The van der Waals surface area contributed by atoms with Crippen LogP contribution in [0.5, 0.6) is 0 Å². The second kappa shape index (κ2) is 7.34. The van der Waals surface area contributed by atoms with Gasteiger partial charge in [-0.05, 0) is 55.0 Å². The minimum absolute atomic E-state index is 0.233. The molecule has 6 heteroatoms. The van der Waals surface area contributed by atoms with Gasteiger partial charge in [-0.2, -0.15) is 5.26 Å². The van der Waals surface area contributed by atoms with Crippen LogP contribution in [0.1, 0.15) is 39.9 Å². The lowest BCUT2D eigenvalue weighted by Gasteiger charge is -2.17. The highest BCUT2D eigenvalue weighted by atomic mass is 79.9. The summed E-state index contributed by atoms with van der Waals surface area (Å²) in [6.07, 6.45) is 2.96. The quantitative estimate of drug-likeness (QED) is 0.541. The number of hydrogen-bond donors (Lipinski definition) is 1. The number of nitrogens with one attached hydrogen (secondary N) is 1. The van der Waals surface area contributed by atoms with Crippen LogP contribution in [-0.2, 0) is 12.8 Å². The number of furan rings is 1. The van der Waals surface area contributed by atoms with Crippen LogP contribution in [0.15, 0.2) is 45.3 Å². The molecule has 1 aromatic carbocycles. The Hall–Kier alpha value is -2.36. The normalized spacial score (nSPS) is 15.8. The van der Waals surface area contributed by atoms with Gasteiger partial charge in [0.15, 0.2) is 5.76 Å². The molecule has 1 N–H and O–H groups in total. The van der Waals surface area contributed by atoms with Gasteiger partial charge in [0.1, 0.15) is 16.8 Å². The van der Waals surface area contributed by atoms with Crippen LogP contribution in [0.3, 0.4) is 0 Å². The number of halogens is 1. The minimum Gasteiger partial charge on any atom is -0.451 e. The van der Waals surface area contributed by atoms with Gasteiger partial charge in [0, 0.05) is 14.9 Å². The van der Waals surface area contributed by atoms with Crippen molar-refractivity contribution in [1.82, 2.24) is 0 Å². The van der Waals surface area contributed by atoms with Crippen molar-refractivity contribution in [2.45, 2.75) is 26.2 Å². The van der Waals surface area contributed by atoms with Gasteiger partial charge in [-0.25, -0.2) is 0 Å². The van der Waals surface area contributed by atoms with Crippen molar-refractivity contribution in [3.05, 3.63) is 62.6 Å². The van der Waals surface area contributed by atoms with Crippen LogP contribution < -0.4 is 5.32 Å². The standard InChI is InChI=1S/C21H17BrN2O2S/c1-12-2-7-15-16(11-23)21(27-19(15)10-12)24-20(25)18-9-8-17(26-18)13-3-5-14(22)6-4-13/h3-6,8-9,12H,2,7,10H2,1H3,(H,24,25)/t12-/m1/s1. The van der Waals surface area contributed by atoms with Crippen molar-refractivity contribution in [3.8, 4) is 17.4 Å². The topological polar surface area (TPSA) is 66.0 Å². The molecule has 27 heavy (non-hydrogen) atoms. The molecule has 0 bridgehead atoms. The van der Waals surface area contributed by atoms with Gasteiger partial charge in [-0.3, -0.25) is 4.79 Å². The van der Waals surface area contributed by atoms with Crippen molar-refractivity contribution in [2.24, 2.45) is 5.92 Å². The molecule has 1 aliphatic rings. The van der Waals surface area contributed by atoms with Crippen LogP contribution >= 0.6 is 27.3 Å². The van der Waals surface area contributed by atoms with Crippen LogP contribution in [-0.4, -0.2) is 5.91 Å². The monoisotopic (exact) mass is 440 g/mol. The SMILES string of the molecule is C[C@@H]1CCc2c(sc(NC(=O)c3ccc(-c4ccc(Br)cc4)o3)c2C#N)C1. The van der Waals surface area contributed by atoms with Crippen molar-refractivity contribution in [1.29, 1.82) is 5.26 Å². The summed E-state index contributed by atoms with van der Waals surface area (Å²) < 4.78 is 6.71. The lowest BCUT2D eigenvalue weighted by Crippen LogP contribution is -2.11. The summed E-state index contributed by atoms with van der Waals surface area (Å²) in [6.45, 7) is 2.22. The number of nitriles is 1. The predicted molar refractivity (Wildman–Crippen MR) is 110 cm³/mol. The van der Waals surface area contributed by atoms with E-state index in [1.807, 2.05) is 24.3 Å². The predicted octanol–water partition coefficient (Wildman–Crippen LogP) is 6.02. The maximum Gasteiger partial charge on any atom is 0.292 e. The number of thiophene rings is 1. The first kappa shape index (κ1) is 18.0. The molecular formula is C21H17BrN2O2S. The highest BCUT2D eigenvalue weighted by molar-refractivity contribution is 9.10. The van der Waals surface area contributed by atoms with E-state index in [1.54, 1.807) is 12.1 Å². The Morgan fingerprint density at radius 3 is 2.81 bits per heavy atom. The molecule has 0 saturated heterocycles. The van der Waals surface area contributed by atoms with E-state index in [-0.39, 0.29) is 11.7 Å². The van der Waals surface area contributed by atoms with E-state index in [0.717, 1.165) is 34.9 Å². The van der Waals surface area contributed by atoms with E-state index in [0.29, 0.717) is 22.2 Å². The van der Waals surface area contributed by atoms with Crippen molar-refractivity contribution in [2.75, 3.05) is 5.32 Å². The Morgan fingerprint density at radius 2 is 2.07 bits per heavy atom. The van der Waals surface area contributed by atoms with Gasteiger partial charge in [-0.1, -0.05) is 35.0 Å². The zero-order valence-electron chi connectivity index (χ0n) is 14.7. The number of carbonyl (C=O) groups is 1. The average molecular weight is 441 g/mol. The summed E-state index contributed by atoms with van der Waals surface area (Å²) in [5.74, 6) is 1.15. The van der Waals surface area contributed by atoms with Crippen LogP contribution in [0.25, 0.3) is 11.3 Å². The first-order valence-corrected chi connectivity index (χ1v) is 10.4. The highest BCUT2D eigenvalue weighted by Crippen LogP contribution is 2.39. The molecule has 2 aromatic heterocycles. The van der Waals surface area contributed by atoms with Crippen molar-refractivity contribution >= 4 is 38.2 Å². The molecule has 2 heterocycles. The molecule has 4 nitrogen and oxygen atoms in total. The van der Waals surface area contributed by atoms with Crippen LogP contribution in [0.4, 0.5) is 5.00 Å². The lowest BCUT2D eigenvalue weighted by atomic mass is 9.89. The third-order valence-electron chi connectivity index (χ3n) is 4.81. The van der Waals surface area contributed by atoms with Gasteiger partial charge in [0.05, 0.1) is 5.56 Å². The second-order valence-corrected chi connectivity index (χ2v) is 8.81. The molecule has 0 aliphatic heterocycles. The fourth-order valence-electron chi connectivity index (χ4n) is 3.35. The molecule has 0 unspecified atom stereocenters. The van der Waals surface area contributed by atoms with Gasteiger partial charge >= 0.3 is 0 Å². The van der Waals surface area contributed by atoms with Gasteiger partial charge in [0.2, 0.25) is 0 Å². The second-order valence-electron chi connectivity index (χ2n) is 6.79. The van der Waals surface area contributed by atoms with E-state index >= 15 is 0 Å². The van der Waals surface area contributed by atoms with Crippen molar-refractivity contribution in [3.63, 3.8) is 0 Å². The summed E-state index contributed by atoms with van der Waals surface area (Å²) in [4.78, 5) is 13.9. The summed E-state index contributed by atoms with van der Waals surface area (Å²) in [6, 6.07) is 13.4. The number of benzene rings is 1. The number of hydrogen-bond acceptors (Lipinski definition) is 4. The Bertz CT molecular complexity index is 1040. The Kier molecular flexibility index (Phi) is 4.90. The number of anilines is 1. The fraction of sp³-hybridized carbons (Fsp3) is 0.238. The third-order valence-corrected chi connectivity index (χ3v) is 6.51. The van der Waals surface area contributed by atoms with E-state index in [1.165, 1.54) is 16.2 Å². The van der Waals surface area contributed by atoms with Crippen LogP contribution in [0, 0.1) is 17.2 Å². The molecule has 0 fully saturated rings. The summed E-state index contributed by atoms with van der Waals surface area (Å²) in [5.41, 5.74) is 2.61. The molecule has 1 aliphatic carbocycles. The summed E-state index contributed by atoms with van der Waals surface area (Å²) in [7, 11) is 0. The first-order chi connectivity index (χ1) is 13.0.